The maximum Gasteiger partial charge on any atom is 0.269 e. The molecule has 0 radical (unpaired) electrons. The van der Waals surface area contributed by atoms with Gasteiger partial charge in [0.15, 0.2) is 0 Å². The first kappa shape index (κ1) is 18.4. The average Bonchev–Trinajstić information content (AvgIpc) is 3.08. The Morgan fingerprint density at radius 2 is 1.81 bits per heavy atom. The van der Waals surface area contributed by atoms with E-state index in [1.165, 1.54) is 0 Å². The summed E-state index contributed by atoms with van der Waals surface area (Å²) < 4.78 is 7.30. The number of nitrogens with zero attached hydrogens (tertiary/aromatic N) is 2. The van der Waals surface area contributed by atoms with E-state index in [1.807, 2.05) is 24.3 Å². The number of amides is 2. The van der Waals surface area contributed by atoms with Crippen LogP contribution in [0.5, 0.6) is 5.75 Å². The molecule has 3 aromatic rings. The van der Waals surface area contributed by atoms with Crippen LogP contribution >= 0.6 is 0 Å². The molecule has 27 heavy (non-hydrogen) atoms. The Bertz CT molecular complexity index is 932. The van der Waals surface area contributed by atoms with E-state index in [4.69, 9.17) is 4.74 Å². The van der Waals surface area contributed by atoms with Gasteiger partial charge in [-0.3, -0.25) is 20.4 Å². The van der Waals surface area contributed by atoms with Crippen LogP contribution in [0, 0.1) is 5.92 Å². The molecule has 1 aromatic heterocycles. The lowest BCUT2D eigenvalue weighted by Crippen LogP contribution is -2.43. The smallest absolute Gasteiger partial charge is 0.269 e. The summed E-state index contributed by atoms with van der Waals surface area (Å²) in [6.07, 6.45) is 1.60. The zero-order valence-electron chi connectivity index (χ0n) is 15.3. The molecule has 0 saturated carbocycles. The van der Waals surface area contributed by atoms with Gasteiger partial charge in [0.25, 0.3) is 11.8 Å². The van der Waals surface area contributed by atoms with Gasteiger partial charge < -0.3 is 9.30 Å². The number of hydrogen-bond donors (Lipinski definition) is 2. The van der Waals surface area contributed by atoms with Gasteiger partial charge in [0.2, 0.25) is 0 Å². The number of para-hydroxylation sites is 2. The fourth-order valence-electron chi connectivity index (χ4n) is 2.49. The van der Waals surface area contributed by atoms with Crippen molar-refractivity contribution in [1.29, 1.82) is 0 Å². The lowest BCUT2D eigenvalue weighted by atomic mass is 10.2. The normalized spacial score (nSPS) is 10.8. The molecule has 0 atom stereocenters. The highest BCUT2D eigenvalue weighted by Crippen LogP contribution is 2.13. The van der Waals surface area contributed by atoms with Gasteiger partial charge in [0, 0.05) is 5.56 Å². The molecule has 2 aromatic carbocycles. The largest absolute Gasteiger partial charge is 0.493 e. The quantitative estimate of drug-likeness (QED) is 0.657. The number of ether oxygens (including phenoxy) is 1. The third-order valence-electron chi connectivity index (χ3n) is 3.86. The van der Waals surface area contributed by atoms with Gasteiger partial charge in [0.05, 0.1) is 24.0 Å². The molecule has 0 bridgehead atoms. The standard InChI is InChI=1S/C20H22N4O3/c1-14(2)12-27-16-9-7-15(8-10-16)20(26)23-22-19(25)11-24-13-21-17-5-3-4-6-18(17)24/h3-10,13-14H,11-12H2,1-2H3,(H,22,25)(H,23,26). The average molecular weight is 366 g/mol. The first-order valence-electron chi connectivity index (χ1n) is 8.75. The van der Waals surface area contributed by atoms with Gasteiger partial charge in [-0.05, 0) is 42.3 Å². The number of carbonyl (C=O) groups excluding carboxylic acids is 2. The molecule has 140 valence electrons. The van der Waals surface area contributed by atoms with Crippen LogP contribution in [-0.4, -0.2) is 28.0 Å². The zero-order valence-corrected chi connectivity index (χ0v) is 15.3. The highest BCUT2D eigenvalue weighted by Gasteiger charge is 2.10. The van der Waals surface area contributed by atoms with Crippen molar-refractivity contribution in [2.45, 2.75) is 20.4 Å². The molecule has 2 N–H and O–H groups in total. The minimum Gasteiger partial charge on any atom is -0.493 e. The highest BCUT2D eigenvalue weighted by atomic mass is 16.5. The fourth-order valence-corrected chi connectivity index (χ4v) is 2.49. The Morgan fingerprint density at radius 1 is 1.07 bits per heavy atom. The maximum atomic E-state index is 12.2. The molecular weight excluding hydrogens is 344 g/mol. The number of imidazole rings is 1. The summed E-state index contributed by atoms with van der Waals surface area (Å²) in [7, 11) is 0. The topological polar surface area (TPSA) is 85.3 Å². The first-order chi connectivity index (χ1) is 13.0. The molecule has 2 amide bonds. The number of rotatable bonds is 6. The van der Waals surface area contributed by atoms with Crippen LogP contribution in [-0.2, 0) is 11.3 Å². The third-order valence-corrected chi connectivity index (χ3v) is 3.86. The minimum absolute atomic E-state index is 0.0583. The molecule has 7 nitrogen and oxygen atoms in total. The fraction of sp³-hybridized carbons (Fsp3) is 0.250. The molecule has 0 fully saturated rings. The van der Waals surface area contributed by atoms with E-state index in [0.717, 1.165) is 11.0 Å². The summed E-state index contributed by atoms with van der Waals surface area (Å²) in [5.41, 5.74) is 6.94. The molecule has 0 aliphatic carbocycles. The number of hydrogen-bond acceptors (Lipinski definition) is 4. The van der Waals surface area contributed by atoms with E-state index in [2.05, 4.69) is 29.7 Å². The van der Waals surface area contributed by atoms with Crippen LogP contribution < -0.4 is 15.6 Å². The monoisotopic (exact) mass is 366 g/mol. The van der Waals surface area contributed by atoms with Gasteiger partial charge in [-0.25, -0.2) is 4.98 Å². The van der Waals surface area contributed by atoms with E-state index < -0.39 is 5.91 Å². The van der Waals surface area contributed by atoms with Crippen molar-refractivity contribution in [2.75, 3.05) is 6.61 Å². The van der Waals surface area contributed by atoms with E-state index in [0.29, 0.717) is 23.8 Å². The number of nitrogens with one attached hydrogen (secondary N) is 2. The second kappa shape index (κ2) is 8.35. The summed E-state index contributed by atoms with van der Waals surface area (Å²) >= 11 is 0. The van der Waals surface area contributed by atoms with Crippen molar-refractivity contribution in [3.8, 4) is 5.75 Å². The molecule has 3 rings (SSSR count). The van der Waals surface area contributed by atoms with Crippen LogP contribution in [0.15, 0.2) is 54.9 Å². The maximum absolute atomic E-state index is 12.2. The molecule has 0 spiro atoms. The highest BCUT2D eigenvalue weighted by molar-refractivity contribution is 5.95. The number of benzene rings is 2. The van der Waals surface area contributed by atoms with Crippen molar-refractivity contribution in [2.24, 2.45) is 5.92 Å². The van der Waals surface area contributed by atoms with Gasteiger partial charge in [-0.15, -0.1) is 0 Å². The van der Waals surface area contributed by atoms with Crippen molar-refractivity contribution >= 4 is 22.8 Å². The zero-order chi connectivity index (χ0) is 19.2. The Morgan fingerprint density at radius 3 is 2.56 bits per heavy atom. The molecule has 0 aliphatic rings. The first-order valence-corrected chi connectivity index (χ1v) is 8.75. The molecular formula is C20H22N4O3. The van der Waals surface area contributed by atoms with Gasteiger partial charge >= 0.3 is 0 Å². The van der Waals surface area contributed by atoms with Crippen LogP contribution in [0.3, 0.4) is 0 Å². The van der Waals surface area contributed by atoms with E-state index in [1.54, 1.807) is 35.2 Å². The second-order valence-corrected chi connectivity index (χ2v) is 6.59. The lowest BCUT2D eigenvalue weighted by Gasteiger charge is -2.10. The Hall–Kier alpha value is -3.35. The molecule has 1 heterocycles. The lowest BCUT2D eigenvalue weighted by molar-refractivity contribution is -0.122. The van der Waals surface area contributed by atoms with Crippen LogP contribution in [0.1, 0.15) is 24.2 Å². The van der Waals surface area contributed by atoms with Gasteiger partial charge in [0.1, 0.15) is 12.3 Å². The van der Waals surface area contributed by atoms with Crippen LogP contribution in [0.25, 0.3) is 11.0 Å². The van der Waals surface area contributed by atoms with Gasteiger partial charge in [-0.1, -0.05) is 26.0 Å². The summed E-state index contributed by atoms with van der Waals surface area (Å²) in [4.78, 5) is 28.5. The number of hydrazine groups is 1. The second-order valence-electron chi connectivity index (χ2n) is 6.59. The molecule has 0 unspecified atom stereocenters. The molecule has 0 saturated heterocycles. The summed E-state index contributed by atoms with van der Waals surface area (Å²) in [5, 5.41) is 0. The molecule has 0 aliphatic heterocycles. The van der Waals surface area contributed by atoms with Crippen LogP contribution in [0.4, 0.5) is 0 Å². The van der Waals surface area contributed by atoms with E-state index in [9.17, 15) is 9.59 Å². The van der Waals surface area contributed by atoms with Crippen molar-refractivity contribution in [3.63, 3.8) is 0 Å². The van der Waals surface area contributed by atoms with Crippen LogP contribution in [0.2, 0.25) is 0 Å². The van der Waals surface area contributed by atoms with E-state index in [-0.39, 0.29) is 12.5 Å². The molecule has 7 heteroatoms. The Labute approximate surface area is 157 Å². The SMILES string of the molecule is CC(C)COc1ccc(C(=O)NNC(=O)Cn2cnc3ccccc32)cc1. The minimum atomic E-state index is -0.394. The third kappa shape index (κ3) is 4.84. The predicted octanol–water partition coefficient (Wildman–Crippen LogP) is 2.53. The Kier molecular flexibility index (Phi) is 5.71. The predicted molar refractivity (Wildman–Crippen MR) is 102 cm³/mol. The number of fused-ring (bicyclic) bond motifs is 1. The van der Waals surface area contributed by atoms with Gasteiger partial charge in [-0.2, -0.15) is 0 Å². The van der Waals surface area contributed by atoms with Crippen molar-refractivity contribution < 1.29 is 14.3 Å². The summed E-state index contributed by atoms with van der Waals surface area (Å²) in [6.45, 7) is 4.81. The number of aromatic nitrogens is 2. The summed E-state index contributed by atoms with van der Waals surface area (Å²) in [6, 6.07) is 14.3. The van der Waals surface area contributed by atoms with Crippen molar-refractivity contribution in [3.05, 3.63) is 60.4 Å². The van der Waals surface area contributed by atoms with Crippen molar-refractivity contribution in [1.82, 2.24) is 20.4 Å². The summed E-state index contributed by atoms with van der Waals surface area (Å²) in [5.74, 6) is 0.393. The number of carbonyl (C=O) groups is 2. The Balaban J connectivity index is 1.51. The van der Waals surface area contributed by atoms with E-state index >= 15 is 0 Å².